The van der Waals surface area contributed by atoms with Crippen LogP contribution in [0.2, 0.25) is 0 Å². The zero-order valence-corrected chi connectivity index (χ0v) is 22.0. The first kappa shape index (κ1) is 28.7. The number of alkyl halides is 3. The summed E-state index contributed by atoms with van der Waals surface area (Å²) in [5.74, 6) is -4.09. The topological polar surface area (TPSA) is 116 Å². The molecule has 1 saturated heterocycles. The van der Waals surface area contributed by atoms with E-state index in [1.54, 1.807) is 47.4 Å². The summed E-state index contributed by atoms with van der Waals surface area (Å²) < 4.78 is 45.7. The smallest absolute Gasteiger partial charge is 0.452 e. The molecule has 1 aliphatic heterocycles. The molecule has 0 unspecified atom stereocenters. The standard InChI is InChI=1S/C28H29F3N4O5/c1-27(2,26(38)39)17-21(36)35-14-6-13-34(15-16-35)20-11-9-19(10-12-20)32-24(37)22-23(28(29,30)31)40-25(33-22)18-7-4-3-5-8-18/h3-5,7-12H,6,13-17H2,1-2H3,(H,32,37)(H,38,39). The van der Waals surface area contributed by atoms with Gasteiger partial charge in [0.1, 0.15) is 0 Å². The molecule has 0 saturated carbocycles. The van der Waals surface area contributed by atoms with Crippen LogP contribution in [0.3, 0.4) is 0 Å². The Morgan fingerprint density at radius 1 is 0.975 bits per heavy atom. The van der Waals surface area contributed by atoms with Crippen molar-refractivity contribution in [3.63, 3.8) is 0 Å². The van der Waals surface area contributed by atoms with Gasteiger partial charge < -0.3 is 24.6 Å². The van der Waals surface area contributed by atoms with Crippen molar-refractivity contribution in [1.82, 2.24) is 9.88 Å². The lowest BCUT2D eigenvalue weighted by molar-refractivity contribution is -0.153. The highest BCUT2D eigenvalue weighted by molar-refractivity contribution is 6.04. The number of rotatable bonds is 7. The Bertz CT molecular complexity index is 1370. The molecule has 2 aromatic carbocycles. The molecule has 1 aliphatic rings. The molecule has 0 aliphatic carbocycles. The maximum Gasteiger partial charge on any atom is 0.452 e. The minimum absolute atomic E-state index is 0.0921. The van der Waals surface area contributed by atoms with E-state index in [-0.39, 0.29) is 23.9 Å². The highest BCUT2D eigenvalue weighted by Gasteiger charge is 2.42. The van der Waals surface area contributed by atoms with Gasteiger partial charge in [-0.3, -0.25) is 14.4 Å². The van der Waals surface area contributed by atoms with E-state index in [1.807, 2.05) is 4.90 Å². The summed E-state index contributed by atoms with van der Waals surface area (Å²) in [7, 11) is 0. The molecule has 9 nitrogen and oxygen atoms in total. The number of benzene rings is 2. The Morgan fingerprint density at radius 2 is 1.65 bits per heavy atom. The first-order chi connectivity index (χ1) is 18.8. The van der Waals surface area contributed by atoms with Gasteiger partial charge >= 0.3 is 12.1 Å². The van der Waals surface area contributed by atoms with Crippen molar-refractivity contribution < 1.29 is 37.1 Å². The normalized spacial score (nSPS) is 14.5. The molecule has 4 rings (SSSR count). The van der Waals surface area contributed by atoms with Gasteiger partial charge in [-0.25, -0.2) is 4.98 Å². The number of carbonyl (C=O) groups excluding carboxylic acids is 2. The van der Waals surface area contributed by atoms with Crippen LogP contribution < -0.4 is 10.2 Å². The first-order valence-corrected chi connectivity index (χ1v) is 12.7. The third-order valence-corrected chi connectivity index (χ3v) is 6.63. The van der Waals surface area contributed by atoms with E-state index in [1.165, 1.54) is 26.0 Å². The van der Waals surface area contributed by atoms with Gasteiger partial charge in [-0.1, -0.05) is 18.2 Å². The molecule has 1 fully saturated rings. The minimum Gasteiger partial charge on any atom is -0.481 e. The number of halogens is 3. The van der Waals surface area contributed by atoms with Gasteiger partial charge in [0, 0.05) is 49.5 Å². The fourth-order valence-electron chi connectivity index (χ4n) is 4.31. The first-order valence-electron chi connectivity index (χ1n) is 12.7. The van der Waals surface area contributed by atoms with Crippen molar-refractivity contribution in [2.45, 2.75) is 32.9 Å². The molecule has 1 aromatic heterocycles. The SMILES string of the molecule is CC(C)(CC(=O)N1CCCN(c2ccc(NC(=O)c3nc(-c4ccccc4)oc3C(F)(F)F)cc2)CC1)C(=O)O. The molecule has 12 heteroatoms. The average molecular weight is 559 g/mol. The Labute approximate surface area is 228 Å². The van der Waals surface area contributed by atoms with Crippen molar-refractivity contribution in [2.75, 3.05) is 36.4 Å². The largest absolute Gasteiger partial charge is 0.481 e. The number of amides is 2. The highest BCUT2D eigenvalue weighted by atomic mass is 19.4. The van der Waals surface area contributed by atoms with E-state index in [0.29, 0.717) is 38.2 Å². The Balaban J connectivity index is 1.42. The van der Waals surface area contributed by atoms with Gasteiger partial charge in [0.15, 0.2) is 5.69 Å². The number of aliphatic carboxylic acids is 1. The zero-order chi connectivity index (χ0) is 29.1. The van der Waals surface area contributed by atoms with Crippen LogP contribution in [-0.2, 0) is 15.8 Å². The number of anilines is 2. The van der Waals surface area contributed by atoms with Crippen LogP contribution in [-0.4, -0.2) is 59.0 Å². The second-order valence-electron chi connectivity index (χ2n) is 10.1. The lowest BCUT2D eigenvalue weighted by Crippen LogP contribution is -2.39. The van der Waals surface area contributed by atoms with E-state index in [2.05, 4.69) is 10.3 Å². The second kappa shape index (κ2) is 11.4. The number of oxazole rings is 1. The molecule has 0 atom stereocenters. The van der Waals surface area contributed by atoms with Gasteiger partial charge in [-0.2, -0.15) is 13.2 Å². The van der Waals surface area contributed by atoms with Gasteiger partial charge in [0.05, 0.1) is 5.41 Å². The molecular weight excluding hydrogens is 529 g/mol. The van der Waals surface area contributed by atoms with Crippen LogP contribution >= 0.6 is 0 Å². The maximum atomic E-state index is 13.6. The number of nitrogens with zero attached hydrogens (tertiary/aromatic N) is 3. The lowest BCUT2D eigenvalue weighted by atomic mass is 9.89. The molecule has 0 bridgehead atoms. The lowest BCUT2D eigenvalue weighted by Gasteiger charge is -2.26. The molecule has 0 spiro atoms. The minimum atomic E-state index is -4.91. The van der Waals surface area contributed by atoms with Gasteiger partial charge in [0.25, 0.3) is 5.91 Å². The third-order valence-electron chi connectivity index (χ3n) is 6.63. The van der Waals surface area contributed by atoms with Gasteiger partial charge in [0.2, 0.25) is 17.6 Å². The molecular formula is C28H29F3N4O5. The summed E-state index contributed by atoms with van der Waals surface area (Å²) in [4.78, 5) is 44.4. The summed E-state index contributed by atoms with van der Waals surface area (Å²) in [6.45, 7) is 5.13. The van der Waals surface area contributed by atoms with Crippen molar-refractivity contribution in [3.05, 3.63) is 66.1 Å². The monoisotopic (exact) mass is 558 g/mol. The summed E-state index contributed by atoms with van der Waals surface area (Å²) >= 11 is 0. The fourth-order valence-corrected chi connectivity index (χ4v) is 4.31. The Morgan fingerprint density at radius 3 is 2.27 bits per heavy atom. The van der Waals surface area contributed by atoms with Crippen LogP contribution in [0.5, 0.6) is 0 Å². The predicted octanol–water partition coefficient (Wildman–Crippen LogP) is 5.15. The van der Waals surface area contributed by atoms with Crippen LogP contribution in [0.15, 0.2) is 59.0 Å². The quantitative estimate of drug-likeness (QED) is 0.412. The van der Waals surface area contributed by atoms with E-state index >= 15 is 0 Å². The van der Waals surface area contributed by atoms with Crippen LogP contribution in [0.1, 0.15) is 42.9 Å². The number of aromatic nitrogens is 1. The molecule has 2 N–H and O–H groups in total. The maximum absolute atomic E-state index is 13.6. The van der Waals surface area contributed by atoms with Crippen molar-refractivity contribution in [1.29, 1.82) is 0 Å². The third kappa shape index (κ3) is 6.61. The summed E-state index contributed by atoms with van der Waals surface area (Å²) in [6.07, 6.45) is -4.33. The van der Waals surface area contributed by atoms with Crippen LogP contribution in [0.4, 0.5) is 24.5 Å². The fraction of sp³-hybridized carbons (Fsp3) is 0.357. The summed E-state index contributed by atoms with van der Waals surface area (Å²) in [5.41, 5.74) is -0.631. The molecule has 40 heavy (non-hydrogen) atoms. The zero-order valence-electron chi connectivity index (χ0n) is 22.0. The van der Waals surface area contributed by atoms with E-state index in [9.17, 15) is 32.7 Å². The van der Waals surface area contributed by atoms with Crippen molar-refractivity contribution in [2.24, 2.45) is 5.41 Å². The number of nitrogens with one attached hydrogen (secondary N) is 1. The second-order valence-corrected chi connectivity index (χ2v) is 10.1. The van der Waals surface area contributed by atoms with E-state index in [4.69, 9.17) is 4.42 Å². The number of carboxylic acid groups (broad SMARTS) is 1. The highest BCUT2D eigenvalue weighted by Crippen LogP contribution is 2.35. The van der Waals surface area contributed by atoms with Crippen molar-refractivity contribution in [3.8, 4) is 11.5 Å². The van der Waals surface area contributed by atoms with Crippen LogP contribution in [0, 0.1) is 5.41 Å². The Hall–Kier alpha value is -4.35. The van der Waals surface area contributed by atoms with Gasteiger partial charge in [-0.15, -0.1) is 0 Å². The predicted molar refractivity (Wildman–Crippen MR) is 141 cm³/mol. The molecule has 0 radical (unpaired) electrons. The molecule has 212 valence electrons. The number of hydrogen-bond donors (Lipinski definition) is 2. The molecule has 3 aromatic rings. The van der Waals surface area contributed by atoms with Crippen LogP contribution in [0.25, 0.3) is 11.5 Å². The summed E-state index contributed by atoms with van der Waals surface area (Å²) in [5, 5.41) is 11.8. The number of hydrogen-bond acceptors (Lipinski definition) is 6. The van der Waals surface area contributed by atoms with Crippen molar-refractivity contribution >= 4 is 29.2 Å². The van der Waals surface area contributed by atoms with E-state index in [0.717, 1.165) is 5.69 Å². The summed E-state index contributed by atoms with van der Waals surface area (Å²) in [6, 6.07) is 14.6. The van der Waals surface area contributed by atoms with Gasteiger partial charge in [-0.05, 0) is 56.7 Å². The van der Waals surface area contributed by atoms with E-state index < -0.39 is 34.9 Å². The number of carbonyl (C=O) groups is 3. The molecule has 2 amide bonds. The average Bonchev–Trinajstić information content (AvgIpc) is 3.23. The molecule has 2 heterocycles. The number of carboxylic acids is 1. The Kier molecular flexibility index (Phi) is 8.17.